The Morgan fingerprint density at radius 3 is 2.46 bits per heavy atom. The lowest BCUT2D eigenvalue weighted by Crippen LogP contribution is -2.39. The van der Waals surface area contributed by atoms with Gasteiger partial charge in [-0.25, -0.2) is 0 Å². The van der Waals surface area contributed by atoms with Crippen LogP contribution in [0, 0.1) is 5.92 Å². The van der Waals surface area contributed by atoms with Crippen LogP contribution in [0.1, 0.15) is 30.0 Å². The fraction of sp³-hybridized carbons (Fsp3) is 0.350. The maximum Gasteiger partial charge on any atom is 0.306 e. The van der Waals surface area contributed by atoms with Gasteiger partial charge in [0.25, 0.3) is 0 Å². The van der Waals surface area contributed by atoms with Crippen LogP contribution >= 0.6 is 23.2 Å². The number of hydrogen-bond donors (Lipinski definition) is 1. The van der Waals surface area contributed by atoms with Gasteiger partial charge in [0.2, 0.25) is 0 Å². The van der Waals surface area contributed by atoms with E-state index in [0.717, 1.165) is 16.9 Å². The van der Waals surface area contributed by atoms with E-state index < -0.39 is 5.97 Å². The molecule has 0 bridgehead atoms. The molecule has 1 aliphatic rings. The smallest absolute Gasteiger partial charge is 0.306 e. The van der Waals surface area contributed by atoms with Crippen LogP contribution in [-0.2, 0) is 4.79 Å². The standard InChI is InChI=1S/C20H21Cl2NO3/c1-26-18-6-5-16(22)12-17(18)19(14-3-2-4-15(21)11-14)23-9-7-13(8-10-23)20(24)25/h2-6,11-13,19H,7-10H2,1H3,(H,24,25). The Labute approximate surface area is 163 Å². The molecule has 1 N–H and O–H groups in total. The lowest BCUT2D eigenvalue weighted by atomic mass is 9.91. The summed E-state index contributed by atoms with van der Waals surface area (Å²) in [7, 11) is 1.64. The van der Waals surface area contributed by atoms with Crippen LogP contribution < -0.4 is 4.74 Å². The largest absolute Gasteiger partial charge is 0.496 e. The first kappa shape index (κ1) is 19.0. The van der Waals surface area contributed by atoms with Crippen LogP contribution in [0.3, 0.4) is 0 Å². The number of nitrogens with zero attached hydrogens (tertiary/aromatic N) is 1. The molecule has 0 spiro atoms. The molecule has 138 valence electrons. The quantitative estimate of drug-likeness (QED) is 0.785. The van der Waals surface area contributed by atoms with Crippen molar-refractivity contribution in [1.82, 2.24) is 4.90 Å². The van der Waals surface area contributed by atoms with Gasteiger partial charge in [0.1, 0.15) is 5.75 Å². The van der Waals surface area contributed by atoms with Crippen molar-refractivity contribution in [1.29, 1.82) is 0 Å². The molecule has 1 saturated heterocycles. The second-order valence-corrected chi connectivity index (χ2v) is 7.37. The van der Waals surface area contributed by atoms with Crippen LogP contribution in [-0.4, -0.2) is 36.2 Å². The zero-order chi connectivity index (χ0) is 18.7. The Balaban J connectivity index is 2.01. The predicted molar refractivity (Wildman–Crippen MR) is 103 cm³/mol. The van der Waals surface area contributed by atoms with Crippen molar-refractivity contribution in [3.05, 3.63) is 63.6 Å². The molecule has 2 aromatic carbocycles. The number of rotatable bonds is 5. The average molecular weight is 394 g/mol. The second-order valence-electron chi connectivity index (χ2n) is 6.49. The zero-order valence-electron chi connectivity index (χ0n) is 14.5. The number of aliphatic carboxylic acids is 1. The van der Waals surface area contributed by atoms with E-state index >= 15 is 0 Å². The minimum Gasteiger partial charge on any atom is -0.496 e. The van der Waals surface area contributed by atoms with E-state index in [-0.39, 0.29) is 12.0 Å². The third-order valence-corrected chi connectivity index (χ3v) is 5.36. The number of piperidine rings is 1. The van der Waals surface area contributed by atoms with Crippen molar-refractivity contribution in [2.24, 2.45) is 5.92 Å². The molecule has 1 atom stereocenters. The molecule has 4 nitrogen and oxygen atoms in total. The third kappa shape index (κ3) is 4.14. The van der Waals surface area contributed by atoms with E-state index in [1.807, 2.05) is 36.4 Å². The highest BCUT2D eigenvalue weighted by Crippen LogP contribution is 2.39. The summed E-state index contributed by atoms with van der Waals surface area (Å²) >= 11 is 12.5. The van der Waals surface area contributed by atoms with Gasteiger partial charge in [-0.1, -0.05) is 35.3 Å². The van der Waals surface area contributed by atoms with Crippen molar-refractivity contribution in [3.63, 3.8) is 0 Å². The van der Waals surface area contributed by atoms with Gasteiger partial charge in [0, 0.05) is 15.6 Å². The van der Waals surface area contributed by atoms with Crippen LogP contribution in [0.25, 0.3) is 0 Å². The average Bonchev–Trinajstić information content (AvgIpc) is 2.63. The van der Waals surface area contributed by atoms with Crippen molar-refractivity contribution >= 4 is 29.2 Å². The molecule has 3 rings (SSSR count). The van der Waals surface area contributed by atoms with E-state index in [4.69, 9.17) is 27.9 Å². The molecular formula is C20H21Cl2NO3. The Morgan fingerprint density at radius 2 is 1.85 bits per heavy atom. The highest BCUT2D eigenvalue weighted by Gasteiger charge is 2.31. The molecule has 6 heteroatoms. The molecule has 1 aliphatic heterocycles. The molecule has 0 amide bonds. The molecule has 1 heterocycles. The minimum atomic E-state index is -0.718. The second kappa shape index (κ2) is 8.30. The third-order valence-electron chi connectivity index (χ3n) is 4.89. The molecule has 0 saturated carbocycles. The number of methoxy groups -OCH3 is 1. The summed E-state index contributed by atoms with van der Waals surface area (Å²) in [5, 5.41) is 10.6. The summed E-state index contributed by atoms with van der Waals surface area (Å²) in [5.41, 5.74) is 1.99. The van der Waals surface area contributed by atoms with Crippen molar-refractivity contribution in [3.8, 4) is 5.75 Å². The van der Waals surface area contributed by atoms with Crippen LogP contribution in [0.2, 0.25) is 10.0 Å². The normalized spacial score (nSPS) is 17.0. The van der Waals surface area contributed by atoms with Gasteiger partial charge in [0.15, 0.2) is 0 Å². The maximum atomic E-state index is 11.3. The van der Waals surface area contributed by atoms with Crippen LogP contribution in [0.4, 0.5) is 0 Å². The van der Waals surface area contributed by atoms with E-state index in [0.29, 0.717) is 36.0 Å². The summed E-state index contributed by atoms with van der Waals surface area (Å²) in [6, 6.07) is 13.2. The Kier molecular flexibility index (Phi) is 6.07. The van der Waals surface area contributed by atoms with Gasteiger partial charge in [0.05, 0.1) is 19.1 Å². The van der Waals surface area contributed by atoms with Gasteiger partial charge < -0.3 is 9.84 Å². The van der Waals surface area contributed by atoms with Gasteiger partial charge in [-0.2, -0.15) is 0 Å². The first-order valence-electron chi connectivity index (χ1n) is 8.55. The summed E-state index contributed by atoms with van der Waals surface area (Å²) in [6.45, 7) is 1.37. The van der Waals surface area contributed by atoms with E-state index in [9.17, 15) is 9.90 Å². The minimum absolute atomic E-state index is 0.0999. The highest BCUT2D eigenvalue weighted by molar-refractivity contribution is 6.31. The Bertz CT molecular complexity index is 788. The summed E-state index contributed by atoms with van der Waals surface area (Å²) in [4.78, 5) is 13.6. The molecule has 26 heavy (non-hydrogen) atoms. The fourth-order valence-corrected chi connectivity index (χ4v) is 3.97. The summed E-state index contributed by atoms with van der Waals surface area (Å²) in [5.74, 6) is -0.253. The number of carboxylic acids is 1. The van der Waals surface area contributed by atoms with Gasteiger partial charge in [-0.3, -0.25) is 9.69 Å². The molecule has 0 radical (unpaired) electrons. The molecule has 2 aromatic rings. The van der Waals surface area contributed by atoms with Gasteiger partial charge >= 0.3 is 5.97 Å². The monoisotopic (exact) mass is 393 g/mol. The Morgan fingerprint density at radius 1 is 1.15 bits per heavy atom. The van der Waals surface area contributed by atoms with Crippen molar-refractivity contribution < 1.29 is 14.6 Å². The Hall–Kier alpha value is -1.75. The first-order valence-corrected chi connectivity index (χ1v) is 9.31. The van der Waals surface area contributed by atoms with Gasteiger partial charge in [-0.05, 0) is 61.8 Å². The number of benzene rings is 2. The number of carbonyl (C=O) groups is 1. The number of carboxylic acid groups (broad SMARTS) is 1. The molecule has 1 fully saturated rings. The van der Waals surface area contributed by atoms with Crippen LogP contribution in [0.5, 0.6) is 5.75 Å². The maximum absolute atomic E-state index is 11.3. The zero-order valence-corrected chi connectivity index (χ0v) is 16.0. The predicted octanol–water partition coefficient (Wildman–Crippen LogP) is 4.89. The van der Waals surface area contributed by atoms with Gasteiger partial charge in [-0.15, -0.1) is 0 Å². The van der Waals surface area contributed by atoms with E-state index in [1.165, 1.54) is 0 Å². The fourth-order valence-electron chi connectivity index (χ4n) is 3.59. The summed E-state index contributed by atoms with van der Waals surface area (Å²) < 4.78 is 5.57. The molecule has 1 unspecified atom stereocenters. The van der Waals surface area contributed by atoms with E-state index in [2.05, 4.69) is 4.90 Å². The number of hydrogen-bond acceptors (Lipinski definition) is 3. The molecule has 0 aliphatic carbocycles. The first-order chi connectivity index (χ1) is 12.5. The van der Waals surface area contributed by atoms with Crippen molar-refractivity contribution in [2.75, 3.05) is 20.2 Å². The lowest BCUT2D eigenvalue weighted by molar-refractivity contribution is -0.143. The topological polar surface area (TPSA) is 49.8 Å². The number of ether oxygens (including phenoxy) is 1. The number of halogens is 2. The summed E-state index contributed by atoms with van der Waals surface area (Å²) in [6.07, 6.45) is 1.24. The lowest BCUT2D eigenvalue weighted by Gasteiger charge is -2.37. The molecule has 0 aromatic heterocycles. The number of likely N-dealkylation sites (tertiary alicyclic amines) is 1. The SMILES string of the molecule is COc1ccc(Cl)cc1C(c1cccc(Cl)c1)N1CCC(C(=O)O)CC1. The molecular weight excluding hydrogens is 373 g/mol. The van der Waals surface area contributed by atoms with Crippen LogP contribution in [0.15, 0.2) is 42.5 Å². The van der Waals surface area contributed by atoms with Crippen molar-refractivity contribution in [2.45, 2.75) is 18.9 Å². The highest BCUT2D eigenvalue weighted by atomic mass is 35.5. The van der Waals surface area contributed by atoms with E-state index in [1.54, 1.807) is 13.2 Å².